The van der Waals surface area contributed by atoms with Crippen LogP contribution in [-0.2, 0) is 6.54 Å². The number of pyridine rings is 1. The number of piperazine rings is 1. The summed E-state index contributed by atoms with van der Waals surface area (Å²) in [6, 6.07) is 22.6. The number of nitrogens with zero attached hydrogens (tertiary/aromatic N) is 4. The summed E-state index contributed by atoms with van der Waals surface area (Å²) in [5, 5.41) is 5.06. The highest BCUT2D eigenvalue weighted by atomic mass is 19.1. The van der Waals surface area contributed by atoms with Gasteiger partial charge in [0.25, 0.3) is 5.91 Å². The predicted octanol–water partition coefficient (Wildman–Crippen LogP) is 4.70. The maximum absolute atomic E-state index is 13.3. The molecule has 1 aliphatic rings. The van der Waals surface area contributed by atoms with Crippen LogP contribution in [0.2, 0.25) is 0 Å². The van der Waals surface area contributed by atoms with Gasteiger partial charge in [0.15, 0.2) is 0 Å². The van der Waals surface area contributed by atoms with E-state index in [9.17, 15) is 9.18 Å². The number of anilines is 3. The lowest BCUT2D eigenvalue weighted by Crippen LogP contribution is -2.46. The van der Waals surface area contributed by atoms with E-state index in [2.05, 4.69) is 20.1 Å². The third kappa shape index (κ3) is 5.10. The van der Waals surface area contributed by atoms with E-state index in [4.69, 9.17) is 0 Å². The molecule has 1 saturated heterocycles. The minimum atomic E-state index is -0.223. The molecular formula is C29H30FN5O. The van der Waals surface area contributed by atoms with Gasteiger partial charge in [-0.05, 0) is 65.5 Å². The van der Waals surface area contributed by atoms with Crippen molar-refractivity contribution in [3.8, 4) is 0 Å². The molecule has 0 aliphatic carbocycles. The molecule has 36 heavy (non-hydrogen) atoms. The number of hydrogen-bond acceptors (Lipinski definition) is 5. The van der Waals surface area contributed by atoms with Crippen LogP contribution in [0.25, 0.3) is 10.8 Å². The lowest BCUT2D eigenvalue weighted by atomic mass is 10.1. The summed E-state index contributed by atoms with van der Waals surface area (Å²) in [7, 11) is 4.01. The van der Waals surface area contributed by atoms with Gasteiger partial charge in [0.05, 0.1) is 0 Å². The summed E-state index contributed by atoms with van der Waals surface area (Å²) in [6.45, 7) is 3.69. The third-order valence-corrected chi connectivity index (χ3v) is 6.68. The number of fused-ring (bicyclic) bond motifs is 1. The summed E-state index contributed by atoms with van der Waals surface area (Å²) in [5.41, 5.74) is 3.82. The molecule has 1 aliphatic heterocycles. The highest BCUT2D eigenvalue weighted by molar-refractivity contribution is 6.01. The monoisotopic (exact) mass is 483 g/mol. The van der Waals surface area contributed by atoms with E-state index in [1.165, 1.54) is 12.1 Å². The largest absolute Gasteiger partial charge is 0.378 e. The minimum Gasteiger partial charge on any atom is -0.378 e. The molecule has 5 rings (SSSR count). The van der Waals surface area contributed by atoms with Crippen molar-refractivity contribution >= 4 is 33.9 Å². The van der Waals surface area contributed by atoms with E-state index in [0.717, 1.165) is 59.7 Å². The highest BCUT2D eigenvalue weighted by Gasteiger charge is 2.20. The van der Waals surface area contributed by atoms with Crippen LogP contribution in [0.1, 0.15) is 15.9 Å². The topological polar surface area (TPSA) is 51.7 Å². The number of nitrogens with one attached hydrogen (secondary N) is 1. The molecule has 0 saturated carbocycles. The van der Waals surface area contributed by atoms with Gasteiger partial charge in [-0.15, -0.1) is 0 Å². The normalized spacial score (nSPS) is 13.6. The molecule has 3 aromatic carbocycles. The molecule has 0 radical (unpaired) electrons. The highest BCUT2D eigenvalue weighted by Crippen LogP contribution is 2.27. The van der Waals surface area contributed by atoms with Crippen molar-refractivity contribution in [2.75, 3.05) is 55.0 Å². The molecule has 1 amide bonds. The van der Waals surface area contributed by atoms with Crippen molar-refractivity contribution in [2.24, 2.45) is 0 Å². The molecule has 1 N–H and O–H groups in total. The second-order valence-corrected chi connectivity index (χ2v) is 9.26. The molecular weight excluding hydrogens is 453 g/mol. The summed E-state index contributed by atoms with van der Waals surface area (Å²) < 4.78 is 13.3. The number of rotatable bonds is 6. The van der Waals surface area contributed by atoms with Crippen LogP contribution in [0.4, 0.5) is 21.6 Å². The lowest BCUT2D eigenvalue weighted by Gasteiger charge is -2.37. The number of carbonyl (C=O) groups is 1. The van der Waals surface area contributed by atoms with Gasteiger partial charge >= 0.3 is 0 Å². The van der Waals surface area contributed by atoms with Gasteiger partial charge in [-0.1, -0.05) is 18.2 Å². The molecule has 2 heterocycles. The first-order chi connectivity index (χ1) is 17.5. The Bertz CT molecular complexity index is 1350. The fourth-order valence-corrected chi connectivity index (χ4v) is 4.57. The van der Waals surface area contributed by atoms with Crippen LogP contribution >= 0.6 is 0 Å². The zero-order valence-corrected chi connectivity index (χ0v) is 20.6. The summed E-state index contributed by atoms with van der Waals surface area (Å²) >= 11 is 0. The van der Waals surface area contributed by atoms with Crippen LogP contribution in [0.3, 0.4) is 0 Å². The average Bonchev–Trinajstić information content (AvgIpc) is 2.92. The molecule has 0 unspecified atom stereocenters. The first-order valence-electron chi connectivity index (χ1n) is 12.2. The molecule has 0 bridgehead atoms. The molecule has 0 spiro atoms. The average molecular weight is 484 g/mol. The van der Waals surface area contributed by atoms with E-state index in [-0.39, 0.29) is 11.7 Å². The summed E-state index contributed by atoms with van der Waals surface area (Å²) in [5.74, 6) is 0.559. The first-order valence-corrected chi connectivity index (χ1v) is 12.2. The number of aromatic nitrogens is 1. The standard InChI is InChI=1S/C29H30FN5O/c1-33(2)25-9-3-21(4-10-25)20-32-29(36)23-6-5-22-13-14-31-28(27(22)19-23)35-17-15-34(16-18-35)26-11-7-24(30)8-12-26/h3-14,19H,15-18,20H2,1-2H3,(H,32,36). The molecule has 0 atom stereocenters. The van der Waals surface area contributed by atoms with E-state index >= 15 is 0 Å². The van der Waals surface area contributed by atoms with Crippen molar-refractivity contribution in [1.29, 1.82) is 0 Å². The fourth-order valence-electron chi connectivity index (χ4n) is 4.57. The van der Waals surface area contributed by atoms with E-state index < -0.39 is 0 Å². The second-order valence-electron chi connectivity index (χ2n) is 9.26. The Morgan fingerprint density at radius 2 is 1.61 bits per heavy atom. The first kappa shape index (κ1) is 23.6. The molecule has 1 aromatic heterocycles. The second kappa shape index (κ2) is 10.2. The molecule has 1 fully saturated rings. The van der Waals surface area contributed by atoms with Gasteiger partial charge in [-0.2, -0.15) is 0 Å². The molecule has 184 valence electrons. The van der Waals surface area contributed by atoms with Crippen molar-refractivity contribution < 1.29 is 9.18 Å². The van der Waals surface area contributed by atoms with Crippen molar-refractivity contribution in [3.63, 3.8) is 0 Å². The number of amides is 1. The summed E-state index contributed by atoms with van der Waals surface area (Å²) in [4.78, 5) is 24.2. The van der Waals surface area contributed by atoms with Crippen LogP contribution < -0.4 is 20.0 Å². The molecule has 7 heteroatoms. The molecule has 4 aromatic rings. The smallest absolute Gasteiger partial charge is 0.251 e. The number of halogens is 1. The van der Waals surface area contributed by atoms with E-state index in [1.807, 2.05) is 85.9 Å². The van der Waals surface area contributed by atoms with Crippen LogP contribution in [0.15, 0.2) is 79.0 Å². The zero-order valence-electron chi connectivity index (χ0n) is 20.6. The number of benzene rings is 3. The zero-order chi connectivity index (χ0) is 25.1. The van der Waals surface area contributed by atoms with Gasteiger partial charge in [0.1, 0.15) is 11.6 Å². The van der Waals surface area contributed by atoms with Gasteiger partial charge in [-0.25, -0.2) is 9.37 Å². The number of hydrogen-bond donors (Lipinski definition) is 1. The van der Waals surface area contributed by atoms with Crippen LogP contribution in [0.5, 0.6) is 0 Å². The maximum Gasteiger partial charge on any atom is 0.251 e. The van der Waals surface area contributed by atoms with Crippen molar-refractivity contribution in [3.05, 3.63) is 95.9 Å². The molecule has 6 nitrogen and oxygen atoms in total. The quantitative estimate of drug-likeness (QED) is 0.431. The van der Waals surface area contributed by atoms with Gasteiger partial charge in [0.2, 0.25) is 0 Å². The van der Waals surface area contributed by atoms with Crippen molar-refractivity contribution in [1.82, 2.24) is 10.3 Å². The Balaban J connectivity index is 1.29. The van der Waals surface area contributed by atoms with E-state index in [1.54, 1.807) is 0 Å². The van der Waals surface area contributed by atoms with E-state index in [0.29, 0.717) is 12.1 Å². The third-order valence-electron chi connectivity index (χ3n) is 6.68. The Morgan fingerprint density at radius 3 is 2.31 bits per heavy atom. The van der Waals surface area contributed by atoms with Gasteiger partial charge in [-0.3, -0.25) is 4.79 Å². The Kier molecular flexibility index (Phi) is 6.71. The number of carbonyl (C=O) groups excluding carboxylic acids is 1. The Labute approximate surface area is 211 Å². The lowest BCUT2D eigenvalue weighted by molar-refractivity contribution is 0.0951. The summed E-state index contributed by atoms with van der Waals surface area (Å²) in [6.07, 6.45) is 1.82. The minimum absolute atomic E-state index is 0.107. The van der Waals surface area contributed by atoms with Crippen LogP contribution in [0, 0.1) is 5.82 Å². The SMILES string of the molecule is CN(C)c1ccc(CNC(=O)c2ccc3ccnc(N4CCN(c5ccc(F)cc5)CC4)c3c2)cc1. The fraction of sp³-hybridized carbons (Fsp3) is 0.241. The van der Waals surface area contributed by atoms with Gasteiger partial charge < -0.3 is 20.0 Å². The maximum atomic E-state index is 13.3. The van der Waals surface area contributed by atoms with Crippen LogP contribution in [-0.4, -0.2) is 51.2 Å². The van der Waals surface area contributed by atoms with Crippen molar-refractivity contribution in [2.45, 2.75) is 6.54 Å². The predicted molar refractivity (Wildman–Crippen MR) is 145 cm³/mol. The Morgan fingerprint density at radius 1 is 0.917 bits per heavy atom. The Hall–Kier alpha value is -4.13. The van der Waals surface area contributed by atoms with Gasteiger partial charge in [0, 0.05) is 75.3 Å².